The fourth-order valence-electron chi connectivity index (χ4n) is 2.21. The molecule has 1 aliphatic rings. The number of anilines is 4. The molecular weight excluding hydrogens is 295 g/mol. The first-order valence-corrected chi connectivity index (χ1v) is 6.98. The topological polar surface area (TPSA) is 80.0 Å². The summed E-state index contributed by atoms with van der Waals surface area (Å²) < 4.78 is 13.8. The largest absolute Gasteiger partial charge is 0.368 e. The highest BCUT2D eigenvalue weighted by molar-refractivity contribution is 6.30. The van der Waals surface area contributed by atoms with Crippen molar-refractivity contribution in [3.63, 3.8) is 0 Å². The summed E-state index contributed by atoms with van der Waals surface area (Å²) in [6.07, 6.45) is 2.19. The predicted octanol–water partition coefficient (Wildman–Crippen LogP) is 2.59. The molecule has 6 nitrogen and oxygen atoms in total. The molecule has 1 aliphatic heterocycles. The SMILES string of the molecule is Nc1nc(Nc2ccc(Cl)cc2F)nc(N2CCCC2)n1. The molecule has 0 amide bonds. The van der Waals surface area contributed by atoms with Gasteiger partial charge in [0.25, 0.3) is 0 Å². The number of nitrogens with one attached hydrogen (secondary N) is 1. The third-order valence-corrected chi connectivity index (χ3v) is 3.44. The number of benzene rings is 1. The Labute approximate surface area is 126 Å². The van der Waals surface area contributed by atoms with Crippen LogP contribution in [0.5, 0.6) is 0 Å². The zero-order valence-electron chi connectivity index (χ0n) is 11.2. The number of nitrogens with two attached hydrogens (primary N) is 1. The summed E-state index contributed by atoms with van der Waals surface area (Å²) >= 11 is 5.72. The molecule has 3 rings (SSSR count). The molecule has 8 heteroatoms. The molecule has 21 heavy (non-hydrogen) atoms. The van der Waals surface area contributed by atoms with Gasteiger partial charge in [-0.15, -0.1) is 0 Å². The van der Waals surface area contributed by atoms with Crippen LogP contribution in [-0.2, 0) is 0 Å². The van der Waals surface area contributed by atoms with Gasteiger partial charge in [-0.2, -0.15) is 15.0 Å². The number of nitrogens with zero attached hydrogens (tertiary/aromatic N) is 4. The van der Waals surface area contributed by atoms with Crippen molar-refractivity contribution >= 4 is 35.1 Å². The number of rotatable bonds is 3. The van der Waals surface area contributed by atoms with Gasteiger partial charge in [0.15, 0.2) is 0 Å². The zero-order valence-corrected chi connectivity index (χ0v) is 11.9. The first kappa shape index (κ1) is 13.8. The summed E-state index contributed by atoms with van der Waals surface area (Å²) in [4.78, 5) is 14.4. The minimum Gasteiger partial charge on any atom is -0.368 e. The van der Waals surface area contributed by atoms with Crippen LogP contribution in [0.4, 0.5) is 27.9 Å². The predicted molar refractivity (Wildman–Crippen MR) is 80.4 cm³/mol. The van der Waals surface area contributed by atoms with Gasteiger partial charge in [0.05, 0.1) is 5.69 Å². The first-order valence-electron chi connectivity index (χ1n) is 6.60. The Hall–Kier alpha value is -2.15. The van der Waals surface area contributed by atoms with E-state index in [9.17, 15) is 4.39 Å². The second kappa shape index (κ2) is 5.69. The van der Waals surface area contributed by atoms with Gasteiger partial charge in [0.2, 0.25) is 17.8 Å². The van der Waals surface area contributed by atoms with E-state index >= 15 is 0 Å². The van der Waals surface area contributed by atoms with E-state index < -0.39 is 5.82 Å². The second-order valence-corrected chi connectivity index (χ2v) is 5.20. The van der Waals surface area contributed by atoms with Crippen LogP contribution in [0, 0.1) is 5.82 Å². The third kappa shape index (κ3) is 3.13. The van der Waals surface area contributed by atoms with Crippen LogP contribution in [-0.4, -0.2) is 28.0 Å². The van der Waals surface area contributed by atoms with Gasteiger partial charge >= 0.3 is 0 Å². The average Bonchev–Trinajstić information content (AvgIpc) is 2.95. The van der Waals surface area contributed by atoms with Crippen molar-refractivity contribution < 1.29 is 4.39 Å². The Morgan fingerprint density at radius 3 is 2.67 bits per heavy atom. The molecule has 0 unspecified atom stereocenters. The summed E-state index contributed by atoms with van der Waals surface area (Å²) in [5.74, 6) is 0.343. The molecule has 1 aromatic heterocycles. The summed E-state index contributed by atoms with van der Waals surface area (Å²) in [6, 6.07) is 4.32. The van der Waals surface area contributed by atoms with Crippen LogP contribution in [0.3, 0.4) is 0 Å². The van der Waals surface area contributed by atoms with Crippen molar-refractivity contribution in [2.75, 3.05) is 29.0 Å². The molecule has 0 aliphatic carbocycles. The molecule has 0 radical (unpaired) electrons. The van der Waals surface area contributed by atoms with Gasteiger partial charge < -0.3 is 16.0 Å². The van der Waals surface area contributed by atoms with E-state index in [0.717, 1.165) is 25.9 Å². The van der Waals surface area contributed by atoms with E-state index in [1.807, 2.05) is 4.90 Å². The van der Waals surface area contributed by atoms with Crippen LogP contribution in [0.1, 0.15) is 12.8 Å². The number of nitrogen functional groups attached to an aromatic ring is 1. The minimum absolute atomic E-state index is 0.101. The van der Waals surface area contributed by atoms with E-state index in [1.165, 1.54) is 12.1 Å². The van der Waals surface area contributed by atoms with E-state index in [2.05, 4.69) is 20.3 Å². The molecular formula is C13H14ClFN6. The van der Waals surface area contributed by atoms with E-state index in [-0.39, 0.29) is 17.6 Å². The van der Waals surface area contributed by atoms with Crippen molar-refractivity contribution in [3.8, 4) is 0 Å². The standard InChI is InChI=1S/C13H14ClFN6/c14-8-3-4-10(9(15)7-8)17-12-18-11(16)19-13(20-12)21-5-1-2-6-21/h3-4,7H,1-2,5-6H2,(H3,16,17,18,19,20). The summed E-state index contributed by atoms with van der Waals surface area (Å²) in [5, 5.41) is 3.13. The highest BCUT2D eigenvalue weighted by Crippen LogP contribution is 2.23. The number of halogens is 2. The average molecular weight is 309 g/mol. The summed E-state index contributed by atoms with van der Waals surface area (Å²) in [5.41, 5.74) is 5.93. The lowest BCUT2D eigenvalue weighted by Gasteiger charge is -2.16. The van der Waals surface area contributed by atoms with Crippen molar-refractivity contribution in [3.05, 3.63) is 29.0 Å². The molecule has 1 aromatic carbocycles. The molecule has 3 N–H and O–H groups in total. The van der Waals surface area contributed by atoms with Crippen LogP contribution in [0.2, 0.25) is 5.02 Å². The maximum atomic E-state index is 13.8. The monoisotopic (exact) mass is 308 g/mol. The summed E-state index contributed by atoms with van der Waals surface area (Å²) in [6.45, 7) is 1.77. The lowest BCUT2D eigenvalue weighted by molar-refractivity contribution is 0.631. The normalized spacial score (nSPS) is 14.5. The molecule has 0 spiro atoms. The van der Waals surface area contributed by atoms with Gasteiger partial charge in [-0.1, -0.05) is 11.6 Å². The highest BCUT2D eigenvalue weighted by atomic mass is 35.5. The molecule has 0 bridgehead atoms. The van der Waals surface area contributed by atoms with Gasteiger partial charge in [-0.3, -0.25) is 0 Å². The van der Waals surface area contributed by atoms with Crippen molar-refractivity contribution in [2.24, 2.45) is 0 Å². The lowest BCUT2D eigenvalue weighted by atomic mass is 10.3. The Morgan fingerprint density at radius 2 is 1.95 bits per heavy atom. The highest BCUT2D eigenvalue weighted by Gasteiger charge is 2.17. The number of hydrogen-bond donors (Lipinski definition) is 2. The molecule has 0 atom stereocenters. The van der Waals surface area contributed by atoms with Crippen molar-refractivity contribution in [1.82, 2.24) is 15.0 Å². The molecule has 1 saturated heterocycles. The lowest BCUT2D eigenvalue weighted by Crippen LogP contribution is -2.22. The van der Waals surface area contributed by atoms with Crippen LogP contribution < -0.4 is 16.0 Å². The van der Waals surface area contributed by atoms with Crippen LogP contribution in [0.15, 0.2) is 18.2 Å². The number of hydrogen-bond acceptors (Lipinski definition) is 6. The fourth-order valence-corrected chi connectivity index (χ4v) is 2.37. The van der Waals surface area contributed by atoms with Gasteiger partial charge in [0, 0.05) is 18.1 Å². The van der Waals surface area contributed by atoms with Gasteiger partial charge in [0.1, 0.15) is 5.82 Å². The first-order chi connectivity index (χ1) is 10.1. The molecule has 110 valence electrons. The Bertz CT molecular complexity index is 659. The smallest absolute Gasteiger partial charge is 0.233 e. The third-order valence-electron chi connectivity index (χ3n) is 3.21. The molecule has 2 heterocycles. The fraction of sp³-hybridized carbons (Fsp3) is 0.308. The summed E-state index contributed by atoms with van der Waals surface area (Å²) in [7, 11) is 0. The maximum Gasteiger partial charge on any atom is 0.233 e. The van der Waals surface area contributed by atoms with E-state index in [1.54, 1.807) is 6.07 Å². The zero-order chi connectivity index (χ0) is 14.8. The van der Waals surface area contributed by atoms with Gasteiger partial charge in [-0.25, -0.2) is 4.39 Å². The molecule has 0 saturated carbocycles. The van der Waals surface area contributed by atoms with Crippen LogP contribution in [0.25, 0.3) is 0 Å². The Balaban J connectivity index is 1.87. The quantitative estimate of drug-likeness (QED) is 0.907. The second-order valence-electron chi connectivity index (χ2n) is 4.76. The van der Waals surface area contributed by atoms with Crippen molar-refractivity contribution in [1.29, 1.82) is 0 Å². The number of aromatic nitrogens is 3. The van der Waals surface area contributed by atoms with Crippen LogP contribution >= 0.6 is 11.6 Å². The Morgan fingerprint density at radius 1 is 1.19 bits per heavy atom. The van der Waals surface area contributed by atoms with E-state index in [0.29, 0.717) is 11.0 Å². The molecule has 2 aromatic rings. The Kier molecular flexibility index (Phi) is 3.74. The van der Waals surface area contributed by atoms with E-state index in [4.69, 9.17) is 17.3 Å². The van der Waals surface area contributed by atoms with Crippen molar-refractivity contribution in [2.45, 2.75) is 12.8 Å². The molecule has 1 fully saturated rings. The van der Waals surface area contributed by atoms with Gasteiger partial charge in [-0.05, 0) is 31.0 Å². The maximum absolute atomic E-state index is 13.8. The minimum atomic E-state index is -0.482.